The van der Waals surface area contributed by atoms with Crippen LogP contribution in [0.1, 0.15) is 60.5 Å². The Morgan fingerprint density at radius 3 is 2.59 bits per heavy atom. The van der Waals surface area contributed by atoms with Gasteiger partial charge >= 0.3 is 5.97 Å². The summed E-state index contributed by atoms with van der Waals surface area (Å²) in [7, 11) is 0. The maximum atomic E-state index is 12.3. The smallest absolute Gasteiger partial charge is 0.339 e. The van der Waals surface area contributed by atoms with Gasteiger partial charge in [0.2, 0.25) is 5.91 Å². The van der Waals surface area contributed by atoms with E-state index in [1.54, 1.807) is 19.1 Å². The van der Waals surface area contributed by atoms with E-state index >= 15 is 0 Å². The first-order valence-corrected chi connectivity index (χ1v) is 11.7. The molecule has 2 N–H and O–H groups in total. The number of piperidine rings is 1. The molecule has 32 heavy (non-hydrogen) atoms. The first kappa shape index (κ1) is 23.6. The second-order valence-electron chi connectivity index (χ2n) is 8.23. The van der Waals surface area contributed by atoms with Crippen LogP contribution in [0.2, 0.25) is 0 Å². The lowest BCUT2D eigenvalue weighted by Crippen LogP contribution is -2.30. The van der Waals surface area contributed by atoms with Crippen molar-refractivity contribution in [1.29, 1.82) is 0 Å². The van der Waals surface area contributed by atoms with Gasteiger partial charge in [-0.1, -0.05) is 24.3 Å². The number of amides is 1. The summed E-state index contributed by atoms with van der Waals surface area (Å²) in [5.41, 5.74) is 3.61. The molecule has 0 aromatic heterocycles. The van der Waals surface area contributed by atoms with E-state index in [9.17, 15) is 14.7 Å². The fourth-order valence-electron chi connectivity index (χ4n) is 4.21. The van der Waals surface area contributed by atoms with E-state index in [-0.39, 0.29) is 17.9 Å². The van der Waals surface area contributed by atoms with Crippen LogP contribution in [-0.2, 0) is 17.6 Å². The van der Waals surface area contributed by atoms with Gasteiger partial charge in [-0.2, -0.15) is 0 Å². The van der Waals surface area contributed by atoms with Gasteiger partial charge in [0, 0.05) is 25.3 Å². The van der Waals surface area contributed by atoms with Gasteiger partial charge in [-0.3, -0.25) is 4.79 Å². The number of carboxylic acids is 1. The van der Waals surface area contributed by atoms with Crippen molar-refractivity contribution in [3.63, 3.8) is 0 Å². The largest absolute Gasteiger partial charge is 0.493 e. The lowest BCUT2D eigenvalue weighted by Gasteiger charge is -2.30. The summed E-state index contributed by atoms with van der Waals surface area (Å²) >= 11 is 0. The molecule has 0 unspecified atom stereocenters. The number of hydrogen-bond acceptors (Lipinski definition) is 4. The lowest BCUT2D eigenvalue weighted by molar-refractivity contribution is -0.120. The number of carbonyl (C=O) groups is 2. The Balaban J connectivity index is 1.43. The Morgan fingerprint density at radius 2 is 1.84 bits per heavy atom. The van der Waals surface area contributed by atoms with Gasteiger partial charge in [-0.05, 0) is 74.8 Å². The molecule has 0 spiro atoms. The number of hydrogen-bond donors (Lipinski definition) is 2. The Hall–Kier alpha value is -3.02. The van der Waals surface area contributed by atoms with Crippen LogP contribution in [0.5, 0.6) is 5.75 Å². The van der Waals surface area contributed by atoms with Gasteiger partial charge in [-0.25, -0.2) is 4.79 Å². The van der Waals surface area contributed by atoms with Crippen molar-refractivity contribution in [3.05, 3.63) is 59.2 Å². The van der Waals surface area contributed by atoms with Crippen molar-refractivity contribution in [2.45, 2.75) is 51.9 Å². The normalized spacial score (nSPS) is 13.6. The van der Waals surface area contributed by atoms with Gasteiger partial charge < -0.3 is 20.1 Å². The number of carbonyl (C=O) groups excluding carboxylic acids is 1. The summed E-state index contributed by atoms with van der Waals surface area (Å²) in [6, 6.07) is 13.5. The number of carboxylic acid groups (broad SMARTS) is 1. The predicted molar refractivity (Wildman–Crippen MR) is 127 cm³/mol. The van der Waals surface area contributed by atoms with Gasteiger partial charge in [0.25, 0.3) is 0 Å². The minimum absolute atomic E-state index is 0.0655. The summed E-state index contributed by atoms with van der Waals surface area (Å²) in [5.74, 6) is -0.798. The third-order valence-corrected chi connectivity index (χ3v) is 5.82. The summed E-state index contributed by atoms with van der Waals surface area (Å²) in [6.45, 7) is 5.10. The molecule has 0 radical (unpaired) electrons. The number of unbranched alkanes of at least 4 members (excludes halogenated alkanes) is 1. The molecule has 1 saturated heterocycles. The fourth-order valence-corrected chi connectivity index (χ4v) is 4.21. The van der Waals surface area contributed by atoms with Crippen LogP contribution in [0.25, 0.3) is 0 Å². The number of nitrogens with zero attached hydrogens (tertiary/aromatic N) is 1. The molecule has 172 valence electrons. The third-order valence-electron chi connectivity index (χ3n) is 5.82. The minimum Gasteiger partial charge on any atom is -0.493 e. The molecule has 1 amide bonds. The molecule has 1 aliphatic rings. The van der Waals surface area contributed by atoms with Crippen molar-refractivity contribution in [2.24, 2.45) is 0 Å². The monoisotopic (exact) mass is 438 g/mol. The molecule has 0 bridgehead atoms. The molecule has 6 nitrogen and oxygen atoms in total. The fraction of sp³-hybridized carbons (Fsp3) is 0.462. The van der Waals surface area contributed by atoms with E-state index in [0.717, 1.165) is 37.9 Å². The van der Waals surface area contributed by atoms with Crippen LogP contribution in [0.3, 0.4) is 0 Å². The van der Waals surface area contributed by atoms with E-state index in [4.69, 9.17) is 4.74 Å². The van der Waals surface area contributed by atoms with E-state index in [2.05, 4.69) is 34.5 Å². The van der Waals surface area contributed by atoms with Crippen molar-refractivity contribution in [1.82, 2.24) is 5.32 Å². The highest BCUT2D eigenvalue weighted by Gasteiger charge is 2.15. The molecule has 0 atom stereocenters. The second-order valence-corrected chi connectivity index (χ2v) is 8.23. The zero-order chi connectivity index (χ0) is 22.8. The Kier molecular flexibility index (Phi) is 8.96. The third kappa shape index (κ3) is 6.74. The molecule has 3 rings (SSSR count). The SMILES string of the molecule is CCOc1cc(CC(=O)NCCCCc2ccccc2N2CCCCC2)ccc1C(=O)O. The molecule has 1 fully saturated rings. The first-order valence-electron chi connectivity index (χ1n) is 11.7. The Morgan fingerprint density at radius 1 is 1.06 bits per heavy atom. The van der Waals surface area contributed by atoms with Gasteiger partial charge in [0.15, 0.2) is 0 Å². The van der Waals surface area contributed by atoms with Crippen LogP contribution in [-0.4, -0.2) is 43.2 Å². The van der Waals surface area contributed by atoms with E-state index in [1.165, 1.54) is 36.6 Å². The Labute approximate surface area is 190 Å². The molecule has 6 heteroatoms. The zero-order valence-corrected chi connectivity index (χ0v) is 18.9. The number of aryl methyl sites for hydroxylation is 1. The van der Waals surface area contributed by atoms with E-state index < -0.39 is 5.97 Å². The molecule has 2 aromatic carbocycles. The zero-order valence-electron chi connectivity index (χ0n) is 18.9. The number of aromatic carboxylic acids is 1. The Bertz CT molecular complexity index is 906. The van der Waals surface area contributed by atoms with Crippen LogP contribution >= 0.6 is 0 Å². The maximum absolute atomic E-state index is 12.3. The number of rotatable bonds is 11. The molecule has 0 saturated carbocycles. The summed E-state index contributed by atoms with van der Waals surface area (Å²) in [4.78, 5) is 26.1. The van der Waals surface area contributed by atoms with Crippen LogP contribution in [0, 0.1) is 0 Å². The van der Waals surface area contributed by atoms with Crippen LogP contribution in [0.15, 0.2) is 42.5 Å². The minimum atomic E-state index is -1.04. The van der Waals surface area contributed by atoms with Gasteiger partial charge in [0.1, 0.15) is 11.3 Å². The number of nitrogens with one attached hydrogen (secondary N) is 1. The standard InChI is InChI=1S/C26H34N2O4/c1-2-32-24-18-20(13-14-22(24)26(30)31)19-25(29)27-15-7-6-11-21-10-4-5-12-23(21)28-16-8-3-9-17-28/h4-5,10,12-14,18H,2-3,6-9,11,15-17,19H2,1H3,(H,27,29)(H,30,31). The average molecular weight is 439 g/mol. The molecule has 1 heterocycles. The van der Waals surface area contributed by atoms with Crippen molar-refractivity contribution < 1.29 is 19.4 Å². The average Bonchev–Trinajstić information content (AvgIpc) is 2.80. The van der Waals surface area contributed by atoms with E-state index in [0.29, 0.717) is 18.9 Å². The van der Waals surface area contributed by atoms with Crippen molar-refractivity contribution in [3.8, 4) is 5.75 Å². The molecule has 0 aliphatic carbocycles. The molecule has 2 aromatic rings. The number of para-hydroxylation sites is 1. The lowest BCUT2D eigenvalue weighted by atomic mass is 10.0. The topological polar surface area (TPSA) is 78.9 Å². The van der Waals surface area contributed by atoms with Gasteiger partial charge in [0.05, 0.1) is 13.0 Å². The highest BCUT2D eigenvalue weighted by Crippen LogP contribution is 2.25. The summed E-state index contributed by atoms with van der Waals surface area (Å²) in [6.07, 6.45) is 7.02. The van der Waals surface area contributed by atoms with Crippen LogP contribution in [0.4, 0.5) is 5.69 Å². The quantitative estimate of drug-likeness (QED) is 0.507. The second kappa shape index (κ2) is 12.1. The van der Waals surface area contributed by atoms with Crippen molar-refractivity contribution >= 4 is 17.6 Å². The number of ether oxygens (including phenoxy) is 1. The highest BCUT2D eigenvalue weighted by atomic mass is 16.5. The molecule has 1 aliphatic heterocycles. The summed E-state index contributed by atoms with van der Waals surface area (Å²) < 4.78 is 5.41. The predicted octanol–water partition coefficient (Wildman–Crippen LogP) is 4.46. The first-order chi connectivity index (χ1) is 15.6. The van der Waals surface area contributed by atoms with E-state index in [1.807, 2.05) is 0 Å². The maximum Gasteiger partial charge on any atom is 0.339 e. The summed E-state index contributed by atoms with van der Waals surface area (Å²) in [5, 5.41) is 12.2. The van der Waals surface area contributed by atoms with Gasteiger partial charge in [-0.15, -0.1) is 0 Å². The number of anilines is 1. The molecular weight excluding hydrogens is 404 g/mol. The van der Waals surface area contributed by atoms with Crippen LogP contribution < -0.4 is 15.0 Å². The number of benzene rings is 2. The highest BCUT2D eigenvalue weighted by molar-refractivity contribution is 5.91. The molecular formula is C26H34N2O4. The van der Waals surface area contributed by atoms with Crippen molar-refractivity contribution in [2.75, 3.05) is 31.1 Å².